The summed E-state index contributed by atoms with van der Waals surface area (Å²) in [6.45, 7) is 2.77. The summed E-state index contributed by atoms with van der Waals surface area (Å²) in [4.78, 5) is 17.7. The normalized spacial score (nSPS) is 13.8. The van der Waals surface area contributed by atoms with E-state index in [1.165, 1.54) is 11.1 Å². The Hall–Kier alpha value is -3.34. The number of aryl methyl sites for hydroxylation is 1. The highest BCUT2D eigenvalue weighted by Gasteiger charge is 2.21. The number of nitrogens with one attached hydrogen (secondary N) is 1. The van der Waals surface area contributed by atoms with Crippen LogP contribution in [0.5, 0.6) is 0 Å². The third kappa shape index (κ3) is 2.80. The van der Waals surface area contributed by atoms with Crippen LogP contribution < -0.4 is 10.7 Å². The van der Waals surface area contributed by atoms with E-state index < -0.39 is 0 Å². The maximum absolute atomic E-state index is 13.1. The lowest BCUT2D eigenvalue weighted by Gasteiger charge is -2.15. The summed E-state index contributed by atoms with van der Waals surface area (Å²) in [6.07, 6.45) is 7.21. The summed E-state index contributed by atoms with van der Waals surface area (Å²) in [6, 6.07) is 14.4. The van der Waals surface area contributed by atoms with Gasteiger partial charge in [-0.05, 0) is 49.1 Å². The Balaban J connectivity index is 1.54. The lowest BCUT2D eigenvalue weighted by molar-refractivity contribution is 0.581. The summed E-state index contributed by atoms with van der Waals surface area (Å²) in [5, 5.41) is 4.17. The first-order chi connectivity index (χ1) is 13.7. The van der Waals surface area contributed by atoms with E-state index >= 15 is 0 Å². The molecule has 5 nitrogen and oxygen atoms in total. The molecule has 0 fully saturated rings. The van der Waals surface area contributed by atoms with Crippen molar-refractivity contribution in [1.29, 1.82) is 0 Å². The second-order valence-electron chi connectivity index (χ2n) is 7.25. The number of fused-ring (bicyclic) bond motifs is 2. The van der Waals surface area contributed by atoms with Crippen LogP contribution in [0, 0.1) is 0 Å². The maximum Gasteiger partial charge on any atom is 0.202 e. The van der Waals surface area contributed by atoms with E-state index in [4.69, 9.17) is 4.42 Å². The predicted molar refractivity (Wildman–Crippen MR) is 111 cm³/mol. The van der Waals surface area contributed by atoms with Gasteiger partial charge in [-0.15, -0.1) is 0 Å². The van der Waals surface area contributed by atoms with Crippen molar-refractivity contribution in [2.24, 2.45) is 0 Å². The van der Waals surface area contributed by atoms with Gasteiger partial charge in [0.15, 0.2) is 0 Å². The van der Waals surface area contributed by atoms with Crippen LogP contribution in [-0.2, 0) is 19.4 Å². The molecule has 0 unspecified atom stereocenters. The van der Waals surface area contributed by atoms with Crippen LogP contribution in [0.15, 0.2) is 70.3 Å². The molecule has 5 heteroatoms. The first-order valence-corrected chi connectivity index (χ1v) is 9.63. The minimum absolute atomic E-state index is 0.0551. The Morgan fingerprint density at radius 3 is 2.64 bits per heavy atom. The molecule has 28 heavy (non-hydrogen) atoms. The molecule has 1 aliphatic rings. The third-order valence-electron chi connectivity index (χ3n) is 5.46. The summed E-state index contributed by atoms with van der Waals surface area (Å²) < 4.78 is 7.46. The highest BCUT2D eigenvalue weighted by Crippen LogP contribution is 2.26. The van der Waals surface area contributed by atoms with E-state index in [9.17, 15) is 4.79 Å². The van der Waals surface area contributed by atoms with Crippen LogP contribution in [0.1, 0.15) is 18.1 Å². The van der Waals surface area contributed by atoms with E-state index in [1.54, 1.807) is 12.3 Å². The number of pyridine rings is 2. The highest BCUT2D eigenvalue weighted by atomic mass is 16.3. The molecule has 1 aromatic carbocycles. The lowest BCUT2D eigenvalue weighted by atomic mass is 10.1. The first kappa shape index (κ1) is 16.8. The van der Waals surface area contributed by atoms with Gasteiger partial charge in [-0.1, -0.05) is 24.3 Å². The van der Waals surface area contributed by atoms with Gasteiger partial charge in [-0.2, -0.15) is 0 Å². The Morgan fingerprint density at radius 1 is 1.18 bits per heavy atom. The molecule has 0 atom stereocenters. The van der Waals surface area contributed by atoms with Crippen molar-refractivity contribution >= 4 is 16.7 Å². The van der Waals surface area contributed by atoms with Crippen LogP contribution in [0.4, 0.5) is 5.69 Å². The van der Waals surface area contributed by atoms with Crippen LogP contribution in [0.2, 0.25) is 0 Å². The van der Waals surface area contributed by atoms with Gasteiger partial charge in [0.25, 0.3) is 0 Å². The molecule has 0 saturated heterocycles. The van der Waals surface area contributed by atoms with Crippen LogP contribution >= 0.6 is 0 Å². The zero-order chi connectivity index (χ0) is 19.1. The lowest BCUT2D eigenvalue weighted by Crippen LogP contribution is -2.20. The number of anilines is 1. The molecule has 0 radical (unpaired) electrons. The summed E-state index contributed by atoms with van der Waals surface area (Å²) in [7, 11) is 0. The van der Waals surface area contributed by atoms with E-state index in [2.05, 4.69) is 34.6 Å². The number of furan rings is 1. The Morgan fingerprint density at radius 2 is 1.96 bits per heavy atom. The molecule has 0 aliphatic heterocycles. The standard InChI is InChI=1S/C23H21N3O2/c1-2-26-14-20(21-8-5-9-28-21)22(27)19-12-18(13-24-23(19)26)25-17-10-15-6-3-4-7-16(15)11-17/h3-9,12-14,17,25H,2,10-11H2,1H3. The molecule has 0 bridgehead atoms. The molecule has 4 aromatic rings. The average molecular weight is 371 g/mol. The van der Waals surface area contributed by atoms with Crippen molar-refractivity contribution in [3.8, 4) is 11.3 Å². The van der Waals surface area contributed by atoms with Crippen molar-refractivity contribution in [2.45, 2.75) is 32.4 Å². The maximum atomic E-state index is 13.1. The Labute approximate surface area is 162 Å². The second kappa shape index (κ2) is 6.68. The van der Waals surface area contributed by atoms with Crippen LogP contribution in [-0.4, -0.2) is 15.6 Å². The zero-order valence-electron chi connectivity index (χ0n) is 15.7. The number of nitrogens with zero attached hydrogens (tertiary/aromatic N) is 2. The van der Waals surface area contributed by atoms with Crippen LogP contribution in [0.25, 0.3) is 22.4 Å². The zero-order valence-corrected chi connectivity index (χ0v) is 15.7. The monoisotopic (exact) mass is 371 g/mol. The topological polar surface area (TPSA) is 60.1 Å². The minimum Gasteiger partial charge on any atom is -0.464 e. The van der Waals surface area contributed by atoms with E-state index in [0.717, 1.165) is 25.1 Å². The molecule has 1 aliphatic carbocycles. The Kier molecular flexibility index (Phi) is 4.01. The molecule has 3 aromatic heterocycles. The second-order valence-corrected chi connectivity index (χ2v) is 7.25. The number of hydrogen-bond donors (Lipinski definition) is 1. The molecule has 5 rings (SSSR count). The van der Waals surface area contributed by atoms with Gasteiger partial charge < -0.3 is 14.3 Å². The first-order valence-electron chi connectivity index (χ1n) is 9.63. The average Bonchev–Trinajstić information content (AvgIpc) is 3.38. The number of benzene rings is 1. The van der Waals surface area contributed by atoms with Gasteiger partial charge in [-0.3, -0.25) is 4.79 Å². The molecule has 140 valence electrons. The number of rotatable bonds is 4. The third-order valence-corrected chi connectivity index (χ3v) is 5.46. The quantitative estimate of drug-likeness (QED) is 0.582. The Bertz CT molecular complexity index is 1180. The molecule has 1 N–H and O–H groups in total. The highest BCUT2D eigenvalue weighted by molar-refractivity contribution is 5.83. The molecule has 0 saturated carbocycles. The SMILES string of the molecule is CCn1cc(-c2ccco2)c(=O)c2cc(NC3Cc4ccccc4C3)cnc21. The van der Waals surface area contributed by atoms with Gasteiger partial charge in [0.1, 0.15) is 11.4 Å². The molecular formula is C23H21N3O2. The van der Waals surface area contributed by atoms with Crippen molar-refractivity contribution in [2.75, 3.05) is 5.32 Å². The molecule has 3 heterocycles. The fraction of sp³-hybridized carbons (Fsp3) is 0.217. The van der Waals surface area contributed by atoms with E-state index in [1.807, 2.05) is 36.0 Å². The van der Waals surface area contributed by atoms with Gasteiger partial charge in [-0.25, -0.2) is 4.98 Å². The summed E-state index contributed by atoms with van der Waals surface area (Å²) in [5.41, 5.74) is 4.86. The minimum atomic E-state index is -0.0551. The molecular weight excluding hydrogens is 350 g/mol. The molecule has 0 spiro atoms. The van der Waals surface area contributed by atoms with Gasteiger partial charge in [0.05, 0.1) is 29.1 Å². The van der Waals surface area contributed by atoms with Gasteiger partial charge in [0.2, 0.25) is 5.43 Å². The fourth-order valence-electron chi connectivity index (χ4n) is 4.10. The summed E-state index contributed by atoms with van der Waals surface area (Å²) in [5.74, 6) is 0.582. The number of hydrogen-bond acceptors (Lipinski definition) is 4. The smallest absolute Gasteiger partial charge is 0.202 e. The fourth-order valence-corrected chi connectivity index (χ4v) is 4.10. The predicted octanol–water partition coefficient (Wildman–Crippen LogP) is 4.26. The van der Waals surface area contributed by atoms with Gasteiger partial charge >= 0.3 is 0 Å². The van der Waals surface area contributed by atoms with Crippen molar-refractivity contribution < 1.29 is 4.42 Å². The number of aromatic nitrogens is 2. The van der Waals surface area contributed by atoms with Gasteiger partial charge in [0, 0.05) is 18.8 Å². The molecule has 0 amide bonds. The summed E-state index contributed by atoms with van der Waals surface area (Å²) >= 11 is 0. The van der Waals surface area contributed by atoms with Crippen molar-refractivity contribution in [1.82, 2.24) is 9.55 Å². The van der Waals surface area contributed by atoms with Crippen molar-refractivity contribution in [3.63, 3.8) is 0 Å². The van der Waals surface area contributed by atoms with Crippen LogP contribution in [0.3, 0.4) is 0 Å². The largest absolute Gasteiger partial charge is 0.464 e. The van der Waals surface area contributed by atoms with E-state index in [-0.39, 0.29) is 5.43 Å². The van der Waals surface area contributed by atoms with Crippen molar-refractivity contribution in [3.05, 3.63) is 82.5 Å². The van der Waals surface area contributed by atoms with E-state index in [0.29, 0.717) is 28.4 Å².